The predicted molar refractivity (Wildman–Crippen MR) is 117 cm³/mol. The topological polar surface area (TPSA) is 108 Å². The zero-order valence-electron chi connectivity index (χ0n) is 17.1. The van der Waals surface area contributed by atoms with Crippen molar-refractivity contribution in [2.45, 2.75) is 18.9 Å². The highest BCUT2D eigenvalue weighted by Gasteiger charge is 2.28. The number of nitro groups is 1. The van der Waals surface area contributed by atoms with Crippen LogP contribution >= 0.6 is 0 Å². The first-order valence-corrected chi connectivity index (χ1v) is 10.4. The first kappa shape index (κ1) is 20.8. The Labute approximate surface area is 180 Å². The van der Waals surface area contributed by atoms with Gasteiger partial charge in [-0.15, -0.1) is 0 Å². The maximum Gasteiger partial charge on any atom is 0.293 e. The van der Waals surface area contributed by atoms with Crippen molar-refractivity contribution in [2.75, 3.05) is 42.9 Å². The highest BCUT2D eigenvalue weighted by atomic mass is 16.6. The van der Waals surface area contributed by atoms with Gasteiger partial charge in [0.15, 0.2) is 0 Å². The van der Waals surface area contributed by atoms with Gasteiger partial charge in [0.2, 0.25) is 5.91 Å². The number of amides is 2. The smallest absolute Gasteiger partial charge is 0.293 e. The second-order valence-electron chi connectivity index (χ2n) is 7.89. The number of benzene rings is 2. The summed E-state index contributed by atoms with van der Waals surface area (Å²) in [6, 6.07) is 14.1. The van der Waals surface area contributed by atoms with Crippen molar-refractivity contribution >= 4 is 28.9 Å². The third kappa shape index (κ3) is 5.37. The molecule has 9 heteroatoms. The minimum absolute atomic E-state index is 0.0706. The van der Waals surface area contributed by atoms with Crippen molar-refractivity contribution in [1.82, 2.24) is 10.2 Å². The van der Waals surface area contributed by atoms with Crippen LogP contribution in [0.5, 0.6) is 0 Å². The highest BCUT2D eigenvalue weighted by Crippen LogP contribution is 2.30. The Kier molecular flexibility index (Phi) is 6.13. The second kappa shape index (κ2) is 9.13. The van der Waals surface area contributed by atoms with Crippen molar-refractivity contribution in [3.8, 4) is 0 Å². The van der Waals surface area contributed by atoms with E-state index in [-0.39, 0.29) is 30.1 Å². The van der Waals surface area contributed by atoms with Gasteiger partial charge in [0, 0.05) is 49.5 Å². The molecule has 0 radical (unpaired) electrons. The van der Waals surface area contributed by atoms with Crippen molar-refractivity contribution in [1.29, 1.82) is 0 Å². The number of rotatable bonds is 7. The van der Waals surface area contributed by atoms with Gasteiger partial charge >= 0.3 is 0 Å². The van der Waals surface area contributed by atoms with E-state index in [1.807, 2.05) is 40.1 Å². The molecule has 0 aromatic heterocycles. The summed E-state index contributed by atoms with van der Waals surface area (Å²) in [6.07, 6.45) is 1.92. The van der Waals surface area contributed by atoms with Gasteiger partial charge in [-0.05, 0) is 37.1 Å². The molecule has 2 aromatic carbocycles. The summed E-state index contributed by atoms with van der Waals surface area (Å²) in [6.45, 7) is 2.62. The number of anilines is 2. The van der Waals surface area contributed by atoms with Crippen molar-refractivity contribution in [3.05, 3.63) is 64.2 Å². The van der Waals surface area contributed by atoms with E-state index >= 15 is 0 Å². The SMILES string of the molecule is O=C(CN1CCN(c2ccc(C(=O)NC3CC3)cc2[N+](=O)[O-])CC1)Nc1ccccc1. The van der Waals surface area contributed by atoms with E-state index in [1.165, 1.54) is 6.07 Å². The quantitative estimate of drug-likeness (QED) is 0.522. The summed E-state index contributed by atoms with van der Waals surface area (Å²) in [4.78, 5) is 39.7. The summed E-state index contributed by atoms with van der Waals surface area (Å²) in [5.41, 5.74) is 1.49. The van der Waals surface area contributed by atoms with E-state index in [2.05, 4.69) is 10.6 Å². The standard InChI is InChI=1S/C22H25N5O4/c28-21(23-17-4-2-1-3-5-17)15-25-10-12-26(13-11-25)19-9-6-16(14-20(19)27(30)31)22(29)24-18-7-8-18/h1-6,9,14,18H,7-8,10-13,15H2,(H,23,28)(H,24,29). The Hall–Kier alpha value is -3.46. The van der Waals surface area contributed by atoms with Crippen LogP contribution in [0.25, 0.3) is 0 Å². The Morgan fingerprint density at radius 3 is 2.39 bits per heavy atom. The number of hydrogen-bond acceptors (Lipinski definition) is 6. The number of nitrogens with zero attached hydrogens (tertiary/aromatic N) is 3. The molecular formula is C22H25N5O4. The van der Waals surface area contributed by atoms with Gasteiger partial charge in [-0.25, -0.2) is 0 Å². The van der Waals surface area contributed by atoms with E-state index in [1.54, 1.807) is 12.1 Å². The van der Waals surface area contributed by atoms with Crippen molar-refractivity contribution < 1.29 is 14.5 Å². The summed E-state index contributed by atoms with van der Waals surface area (Å²) in [7, 11) is 0. The molecule has 0 atom stereocenters. The number of nitrogens with one attached hydrogen (secondary N) is 2. The molecule has 1 saturated heterocycles. The Bertz CT molecular complexity index is 969. The Balaban J connectivity index is 1.35. The molecule has 162 valence electrons. The van der Waals surface area contributed by atoms with Crippen molar-refractivity contribution in [3.63, 3.8) is 0 Å². The van der Waals surface area contributed by atoms with Crippen LogP contribution in [0.3, 0.4) is 0 Å². The number of hydrogen-bond donors (Lipinski definition) is 2. The first-order valence-electron chi connectivity index (χ1n) is 10.4. The molecule has 0 spiro atoms. The number of carbonyl (C=O) groups excluding carboxylic acids is 2. The molecule has 2 amide bonds. The highest BCUT2D eigenvalue weighted by molar-refractivity contribution is 5.96. The minimum Gasteiger partial charge on any atom is -0.363 e. The first-order chi connectivity index (χ1) is 15.0. The van der Waals surface area contributed by atoms with Gasteiger partial charge in [0.25, 0.3) is 11.6 Å². The zero-order chi connectivity index (χ0) is 21.8. The maximum absolute atomic E-state index is 12.3. The zero-order valence-corrected chi connectivity index (χ0v) is 17.1. The molecule has 1 aliphatic carbocycles. The van der Waals surface area contributed by atoms with Crippen LogP contribution in [0.15, 0.2) is 48.5 Å². The lowest BCUT2D eigenvalue weighted by molar-refractivity contribution is -0.384. The summed E-state index contributed by atoms with van der Waals surface area (Å²) < 4.78 is 0. The maximum atomic E-state index is 12.3. The van der Waals surface area contributed by atoms with Gasteiger partial charge < -0.3 is 15.5 Å². The largest absolute Gasteiger partial charge is 0.363 e. The lowest BCUT2D eigenvalue weighted by Gasteiger charge is -2.35. The number of nitro benzene ring substituents is 1. The predicted octanol–water partition coefficient (Wildman–Crippen LogP) is 2.25. The molecule has 4 rings (SSSR count). The normalized spacial score (nSPS) is 16.6. The van der Waals surface area contributed by atoms with Crippen LogP contribution in [-0.2, 0) is 4.79 Å². The van der Waals surface area contributed by atoms with Gasteiger partial charge in [-0.3, -0.25) is 24.6 Å². The minimum atomic E-state index is -0.442. The lowest BCUT2D eigenvalue weighted by atomic mass is 10.1. The molecule has 9 nitrogen and oxygen atoms in total. The van der Waals surface area contributed by atoms with Gasteiger partial charge in [-0.1, -0.05) is 18.2 Å². The fourth-order valence-corrected chi connectivity index (χ4v) is 3.65. The van der Waals surface area contributed by atoms with E-state index in [0.29, 0.717) is 37.4 Å². The Morgan fingerprint density at radius 1 is 1.03 bits per heavy atom. The van der Waals surface area contributed by atoms with Gasteiger partial charge in [0.1, 0.15) is 5.69 Å². The number of piperazine rings is 1. The third-order valence-corrected chi connectivity index (χ3v) is 5.48. The van der Waals surface area contributed by atoms with Crippen molar-refractivity contribution in [2.24, 2.45) is 0 Å². The van der Waals surface area contributed by atoms with Crippen LogP contribution in [0.2, 0.25) is 0 Å². The molecular weight excluding hydrogens is 398 g/mol. The number of para-hydroxylation sites is 1. The molecule has 2 aromatic rings. The molecule has 0 unspecified atom stereocenters. The van der Waals surface area contributed by atoms with E-state index in [0.717, 1.165) is 18.5 Å². The van der Waals surface area contributed by atoms with Crippen LogP contribution in [0.1, 0.15) is 23.2 Å². The van der Waals surface area contributed by atoms with E-state index in [9.17, 15) is 19.7 Å². The van der Waals surface area contributed by atoms with E-state index in [4.69, 9.17) is 0 Å². The molecule has 2 N–H and O–H groups in total. The monoisotopic (exact) mass is 423 g/mol. The van der Waals surface area contributed by atoms with Crippen LogP contribution in [0, 0.1) is 10.1 Å². The fourth-order valence-electron chi connectivity index (χ4n) is 3.65. The lowest BCUT2D eigenvalue weighted by Crippen LogP contribution is -2.48. The van der Waals surface area contributed by atoms with E-state index < -0.39 is 4.92 Å². The van der Waals surface area contributed by atoms with Crippen LogP contribution in [0.4, 0.5) is 17.1 Å². The molecule has 2 aliphatic rings. The third-order valence-electron chi connectivity index (χ3n) is 5.48. The molecule has 1 heterocycles. The van der Waals surface area contributed by atoms with Gasteiger partial charge in [-0.2, -0.15) is 0 Å². The average Bonchev–Trinajstić information content (AvgIpc) is 3.58. The molecule has 31 heavy (non-hydrogen) atoms. The van der Waals surface area contributed by atoms with Crippen LogP contribution < -0.4 is 15.5 Å². The second-order valence-corrected chi connectivity index (χ2v) is 7.89. The summed E-state index contributed by atoms with van der Waals surface area (Å²) in [5.74, 6) is -0.358. The summed E-state index contributed by atoms with van der Waals surface area (Å²) in [5, 5.41) is 17.4. The molecule has 2 fully saturated rings. The van der Waals surface area contributed by atoms with Gasteiger partial charge in [0.05, 0.1) is 11.5 Å². The molecule has 1 aliphatic heterocycles. The number of carbonyl (C=O) groups is 2. The van der Waals surface area contributed by atoms with Crippen LogP contribution in [-0.4, -0.2) is 60.4 Å². The Morgan fingerprint density at radius 2 is 1.74 bits per heavy atom. The average molecular weight is 423 g/mol. The molecule has 1 saturated carbocycles. The molecule has 0 bridgehead atoms. The fraction of sp³-hybridized carbons (Fsp3) is 0.364. The summed E-state index contributed by atoms with van der Waals surface area (Å²) >= 11 is 0.